The van der Waals surface area contributed by atoms with Gasteiger partial charge in [-0.15, -0.1) is 0 Å². The van der Waals surface area contributed by atoms with Crippen LogP contribution in [0.1, 0.15) is 65.2 Å². The molecule has 0 aromatic rings. The van der Waals surface area contributed by atoms with Gasteiger partial charge in [0.05, 0.1) is 19.3 Å². The lowest BCUT2D eigenvalue weighted by Gasteiger charge is -2.58. The van der Waals surface area contributed by atoms with Crippen LogP contribution in [0.15, 0.2) is 11.6 Å². The molecule has 0 aromatic carbocycles. The van der Waals surface area contributed by atoms with Crippen LogP contribution in [0.2, 0.25) is 0 Å². The summed E-state index contributed by atoms with van der Waals surface area (Å²) in [6, 6.07) is 0.495. The lowest BCUT2D eigenvalue weighted by Crippen LogP contribution is -2.54. The molecule has 0 radical (unpaired) electrons. The monoisotopic (exact) mass is 377 g/mol. The molecule has 3 fully saturated rings. The lowest BCUT2D eigenvalue weighted by molar-refractivity contribution is -0.0621. The van der Waals surface area contributed by atoms with Crippen molar-refractivity contribution in [2.75, 3.05) is 26.3 Å². The van der Waals surface area contributed by atoms with E-state index < -0.39 is 0 Å². The molecule has 0 aromatic heterocycles. The van der Waals surface area contributed by atoms with Gasteiger partial charge in [0.2, 0.25) is 0 Å². The van der Waals surface area contributed by atoms with Gasteiger partial charge in [0, 0.05) is 19.1 Å². The average Bonchev–Trinajstić information content (AvgIpc) is 2.99. The van der Waals surface area contributed by atoms with Crippen molar-refractivity contribution in [3.8, 4) is 0 Å². The molecule has 4 aliphatic rings. The van der Waals surface area contributed by atoms with E-state index in [1.165, 1.54) is 32.1 Å². The summed E-state index contributed by atoms with van der Waals surface area (Å²) in [5.41, 5.74) is 2.15. The first-order chi connectivity index (χ1) is 12.9. The first-order valence-electron chi connectivity index (χ1n) is 11.3. The third-order valence-corrected chi connectivity index (χ3v) is 9.24. The van der Waals surface area contributed by atoms with Gasteiger partial charge in [0.25, 0.3) is 0 Å². The van der Waals surface area contributed by atoms with Gasteiger partial charge in [0.1, 0.15) is 0 Å². The van der Waals surface area contributed by atoms with E-state index in [0.717, 1.165) is 37.0 Å². The minimum atomic E-state index is -0.129. The van der Waals surface area contributed by atoms with Crippen LogP contribution in [0.4, 0.5) is 0 Å². The molecule has 3 saturated carbocycles. The van der Waals surface area contributed by atoms with Gasteiger partial charge >= 0.3 is 0 Å². The van der Waals surface area contributed by atoms with Gasteiger partial charge in [-0.25, -0.2) is 0 Å². The first-order valence-corrected chi connectivity index (χ1v) is 11.3. The molecule has 0 saturated heterocycles. The van der Waals surface area contributed by atoms with Crippen molar-refractivity contribution in [2.45, 2.75) is 77.4 Å². The molecule has 0 amide bonds. The van der Waals surface area contributed by atoms with Crippen LogP contribution in [0, 0.1) is 28.6 Å². The molecule has 154 valence electrons. The Kier molecular flexibility index (Phi) is 5.48. The summed E-state index contributed by atoms with van der Waals surface area (Å²) in [7, 11) is 0. The smallest absolute Gasteiger partial charge is 0.0577 e. The fraction of sp³-hybridized carbons (Fsp3) is 0.913. The van der Waals surface area contributed by atoms with Crippen LogP contribution in [0.5, 0.6) is 0 Å². The molecule has 0 spiro atoms. The van der Waals surface area contributed by atoms with Crippen LogP contribution < -0.4 is 0 Å². The fourth-order valence-corrected chi connectivity index (χ4v) is 7.89. The number of nitrogens with zero attached hydrogens (tertiary/aromatic N) is 1. The maximum atomic E-state index is 10.2. The molecule has 3 N–H and O–H groups in total. The summed E-state index contributed by atoms with van der Waals surface area (Å²) in [5.74, 6) is 2.29. The third kappa shape index (κ3) is 3.11. The van der Waals surface area contributed by atoms with E-state index in [0.29, 0.717) is 30.0 Å². The van der Waals surface area contributed by atoms with Crippen LogP contribution in [0.3, 0.4) is 0 Å². The predicted octanol–water partition coefficient (Wildman–Crippen LogP) is 2.97. The molecule has 27 heavy (non-hydrogen) atoms. The number of aliphatic hydroxyl groups is 3. The minimum Gasteiger partial charge on any atom is -0.395 e. The summed E-state index contributed by atoms with van der Waals surface area (Å²) in [6.45, 7) is 6.70. The number of hydrogen-bond donors (Lipinski definition) is 3. The second-order valence-corrected chi connectivity index (χ2v) is 10.3. The molecule has 0 aliphatic heterocycles. The largest absolute Gasteiger partial charge is 0.395 e. The highest BCUT2D eigenvalue weighted by atomic mass is 16.3. The zero-order valence-electron chi connectivity index (χ0n) is 17.2. The summed E-state index contributed by atoms with van der Waals surface area (Å²) < 4.78 is 0. The molecular formula is C23H39NO3. The number of allylic oxidation sites excluding steroid dienone is 1. The third-order valence-electron chi connectivity index (χ3n) is 9.24. The lowest BCUT2D eigenvalue weighted by atomic mass is 9.47. The van der Waals surface area contributed by atoms with Gasteiger partial charge < -0.3 is 15.3 Å². The van der Waals surface area contributed by atoms with Crippen molar-refractivity contribution in [1.82, 2.24) is 4.90 Å². The number of rotatable bonds is 5. The maximum absolute atomic E-state index is 10.2. The number of hydrogen-bond acceptors (Lipinski definition) is 4. The SMILES string of the molecule is C[C@]12CC[C@H](O)CC1=CC[C@H]1[C@@H]2CC[C@@]2(C)C(N(CCO)CCO)CC[C@@H]12. The Morgan fingerprint density at radius 1 is 1.00 bits per heavy atom. The van der Waals surface area contributed by atoms with Crippen LogP contribution in [-0.2, 0) is 0 Å². The highest BCUT2D eigenvalue weighted by Crippen LogP contribution is 2.65. The molecule has 1 unspecified atom stereocenters. The molecule has 4 heteroatoms. The van der Waals surface area contributed by atoms with Gasteiger partial charge in [-0.3, -0.25) is 4.90 Å². The Morgan fingerprint density at radius 2 is 1.74 bits per heavy atom. The molecule has 4 rings (SSSR count). The van der Waals surface area contributed by atoms with E-state index in [4.69, 9.17) is 0 Å². The molecule has 4 aliphatic carbocycles. The molecule has 0 heterocycles. The van der Waals surface area contributed by atoms with Crippen molar-refractivity contribution in [3.63, 3.8) is 0 Å². The van der Waals surface area contributed by atoms with Crippen LogP contribution >= 0.6 is 0 Å². The van der Waals surface area contributed by atoms with E-state index in [1.54, 1.807) is 5.57 Å². The topological polar surface area (TPSA) is 63.9 Å². The van der Waals surface area contributed by atoms with Crippen LogP contribution in [-0.4, -0.2) is 58.7 Å². The molecule has 4 nitrogen and oxygen atoms in total. The van der Waals surface area contributed by atoms with E-state index >= 15 is 0 Å². The molecule has 0 bridgehead atoms. The Labute approximate surface area is 164 Å². The first kappa shape index (κ1) is 19.9. The molecule has 7 atom stereocenters. The van der Waals surface area contributed by atoms with Gasteiger partial charge in [-0.05, 0) is 80.0 Å². The van der Waals surface area contributed by atoms with Crippen molar-refractivity contribution in [2.24, 2.45) is 28.6 Å². The zero-order valence-corrected chi connectivity index (χ0v) is 17.2. The Hall–Kier alpha value is -0.420. The summed E-state index contributed by atoms with van der Waals surface area (Å²) in [4.78, 5) is 2.36. The summed E-state index contributed by atoms with van der Waals surface area (Å²) in [6.07, 6.45) is 11.6. The fourth-order valence-electron chi connectivity index (χ4n) is 7.89. The second-order valence-electron chi connectivity index (χ2n) is 10.3. The Morgan fingerprint density at radius 3 is 2.44 bits per heavy atom. The van der Waals surface area contributed by atoms with Crippen molar-refractivity contribution in [3.05, 3.63) is 11.6 Å². The van der Waals surface area contributed by atoms with Crippen molar-refractivity contribution < 1.29 is 15.3 Å². The molecular weight excluding hydrogens is 338 g/mol. The Balaban J connectivity index is 1.58. The predicted molar refractivity (Wildman–Crippen MR) is 107 cm³/mol. The minimum absolute atomic E-state index is 0.129. The highest BCUT2D eigenvalue weighted by molar-refractivity contribution is 5.25. The van der Waals surface area contributed by atoms with E-state index in [-0.39, 0.29) is 19.3 Å². The second kappa shape index (κ2) is 7.44. The highest BCUT2D eigenvalue weighted by Gasteiger charge is 2.59. The summed E-state index contributed by atoms with van der Waals surface area (Å²) >= 11 is 0. The number of aliphatic hydroxyl groups excluding tert-OH is 3. The van der Waals surface area contributed by atoms with Gasteiger partial charge in [0.15, 0.2) is 0 Å². The van der Waals surface area contributed by atoms with E-state index in [9.17, 15) is 15.3 Å². The van der Waals surface area contributed by atoms with E-state index in [2.05, 4.69) is 24.8 Å². The summed E-state index contributed by atoms with van der Waals surface area (Å²) in [5, 5.41) is 29.2. The van der Waals surface area contributed by atoms with Gasteiger partial charge in [-0.2, -0.15) is 0 Å². The van der Waals surface area contributed by atoms with E-state index in [1.807, 2.05) is 0 Å². The van der Waals surface area contributed by atoms with Crippen molar-refractivity contribution >= 4 is 0 Å². The normalized spacial score (nSPS) is 46.6. The zero-order chi connectivity index (χ0) is 19.2. The standard InChI is InChI=1S/C23H39NO3/c1-22-9-7-17(27)15-16(22)3-4-18-19-5-6-21(24(11-13-25)12-14-26)23(19,2)10-8-20(18)22/h3,17-21,25-27H,4-15H2,1-2H3/t17-,18+,19-,20-,21?,22-,23+/m0/s1. The van der Waals surface area contributed by atoms with Gasteiger partial charge in [-0.1, -0.05) is 25.5 Å². The maximum Gasteiger partial charge on any atom is 0.0577 e. The number of fused-ring (bicyclic) bond motifs is 5. The van der Waals surface area contributed by atoms with Crippen LogP contribution in [0.25, 0.3) is 0 Å². The average molecular weight is 378 g/mol. The van der Waals surface area contributed by atoms with Crippen molar-refractivity contribution in [1.29, 1.82) is 0 Å². The quantitative estimate of drug-likeness (QED) is 0.645. The Bertz CT molecular complexity index is 572.